The van der Waals surface area contributed by atoms with Crippen LogP contribution in [0.2, 0.25) is 0 Å². The van der Waals surface area contributed by atoms with Gasteiger partial charge in [0.15, 0.2) is 0 Å². The first kappa shape index (κ1) is 13.8. The third-order valence-corrected chi connectivity index (χ3v) is 2.28. The predicted molar refractivity (Wildman–Crippen MR) is 69.1 cm³/mol. The Hall–Kier alpha value is -2.30. The average molecular weight is 248 g/mol. The number of hydrogen-bond acceptors (Lipinski definition) is 3. The van der Waals surface area contributed by atoms with Crippen LogP contribution >= 0.6 is 0 Å². The van der Waals surface area contributed by atoms with Crippen molar-refractivity contribution in [3.8, 4) is 0 Å². The minimum Gasteiger partial charge on any atom is -0.478 e. The van der Waals surface area contributed by atoms with Gasteiger partial charge in [-0.3, -0.25) is 4.79 Å². The highest BCUT2D eigenvalue weighted by molar-refractivity contribution is 5.88. The van der Waals surface area contributed by atoms with Gasteiger partial charge in [-0.15, -0.1) is 0 Å². The minimum absolute atomic E-state index is 0.0469. The Labute approximate surface area is 106 Å². The van der Waals surface area contributed by atoms with Gasteiger partial charge in [-0.1, -0.05) is 12.1 Å². The van der Waals surface area contributed by atoms with E-state index < -0.39 is 5.97 Å². The van der Waals surface area contributed by atoms with Gasteiger partial charge in [0.1, 0.15) is 0 Å². The Balaban J connectivity index is 2.70. The van der Waals surface area contributed by atoms with E-state index in [1.165, 1.54) is 13.1 Å². The highest BCUT2D eigenvalue weighted by Gasteiger charge is 2.04. The van der Waals surface area contributed by atoms with E-state index in [9.17, 15) is 9.59 Å². The molecule has 0 fully saturated rings. The highest BCUT2D eigenvalue weighted by Crippen LogP contribution is 2.17. The van der Waals surface area contributed by atoms with Gasteiger partial charge in [0.25, 0.3) is 0 Å². The number of anilines is 1. The van der Waals surface area contributed by atoms with Crippen molar-refractivity contribution in [2.75, 3.05) is 5.32 Å². The van der Waals surface area contributed by atoms with E-state index in [-0.39, 0.29) is 11.9 Å². The summed E-state index contributed by atoms with van der Waals surface area (Å²) in [5.41, 5.74) is 1.67. The fourth-order valence-electron chi connectivity index (χ4n) is 1.45. The van der Waals surface area contributed by atoms with Crippen LogP contribution in [0.1, 0.15) is 25.5 Å². The van der Waals surface area contributed by atoms with E-state index in [4.69, 9.17) is 5.11 Å². The van der Waals surface area contributed by atoms with E-state index in [1.54, 1.807) is 6.07 Å². The minimum atomic E-state index is -0.998. The number of aliphatic carboxylic acids is 1. The molecule has 0 aromatic heterocycles. The van der Waals surface area contributed by atoms with E-state index in [2.05, 4.69) is 10.6 Å². The van der Waals surface area contributed by atoms with Gasteiger partial charge in [-0.25, -0.2) is 4.79 Å². The second-order valence-corrected chi connectivity index (χ2v) is 3.87. The molecule has 1 atom stereocenters. The zero-order chi connectivity index (χ0) is 13.5. The molecule has 0 spiro atoms. The monoisotopic (exact) mass is 248 g/mol. The van der Waals surface area contributed by atoms with Crippen LogP contribution in [-0.2, 0) is 9.59 Å². The van der Waals surface area contributed by atoms with Crippen LogP contribution in [0.3, 0.4) is 0 Å². The lowest BCUT2D eigenvalue weighted by atomic mass is 10.1. The molecule has 96 valence electrons. The van der Waals surface area contributed by atoms with Crippen LogP contribution in [0, 0.1) is 0 Å². The van der Waals surface area contributed by atoms with Crippen LogP contribution < -0.4 is 10.6 Å². The third kappa shape index (κ3) is 4.69. The van der Waals surface area contributed by atoms with E-state index in [0.29, 0.717) is 0 Å². The van der Waals surface area contributed by atoms with Crippen molar-refractivity contribution in [2.45, 2.75) is 19.9 Å². The number of nitrogens with one attached hydrogen (secondary N) is 2. The van der Waals surface area contributed by atoms with Crippen LogP contribution in [-0.4, -0.2) is 17.0 Å². The predicted octanol–water partition coefficient (Wildman–Crippen LogP) is 1.89. The number of carboxylic acids is 1. The van der Waals surface area contributed by atoms with Crippen LogP contribution in [0.15, 0.2) is 36.5 Å². The van der Waals surface area contributed by atoms with Crippen molar-refractivity contribution in [2.24, 2.45) is 0 Å². The van der Waals surface area contributed by atoms with E-state index in [1.807, 2.05) is 25.1 Å². The van der Waals surface area contributed by atoms with Crippen LogP contribution in [0.25, 0.3) is 0 Å². The van der Waals surface area contributed by atoms with Crippen molar-refractivity contribution < 1.29 is 14.7 Å². The standard InChI is InChI=1S/C13H16N2O3/c1-9(14-7-6-13(17)18)11-4-3-5-12(8-11)15-10(2)16/h3-9,14H,1-2H3,(H,15,16)(H,17,18)/b7-6+. The summed E-state index contributed by atoms with van der Waals surface area (Å²) in [6.45, 7) is 3.35. The number of rotatable bonds is 5. The molecular weight excluding hydrogens is 232 g/mol. The topological polar surface area (TPSA) is 78.4 Å². The molecule has 1 aromatic rings. The zero-order valence-electron chi connectivity index (χ0n) is 10.3. The largest absolute Gasteiger partial charge is 0.478 e. The van der Waals surface area contributed by atoms with Gasteiger partial charge < -0.3 is 15.7 Å². The Morgan fingerprint density at radius 3 is 2.72 bits per heavy atom. The summed E-state index contributed by atoms with van der Waals surface area (Å²) in [4.78, 5) is 21.3. The fraction of sp³-hybridized carbons (Fsp3) is 0.231. The second kappa shape index (κ2) is 6.44. The lowest BCUT2D eigenvalue weighted by molar-refractivity contribution is -0.131. The second-order valence-electron chi connectivity index (χ2n) is 3.87. The maximum atomic E-state index is 10.9. The number of amides is 1. The quantitative estimate of drug-likeness (QED) is 0.695. The molecule has 1 rings (SSSR count). The Morgan fingerprint density at radius 1 is 1.39 bits per heavy atom. The number of carbonyl (C=O) groups is 2. The molecular formula is C13H16N2O3. The molecule has 0 radical (unpaired) electrons. The molecule has 0 aliphatic rings. The van der Waals surface area contributed by atoms with Crippen LogP contribution in [0.5, 0.6) is 0 Å². The molecule has 0 aliphatic heterocycles. The summed E-state index contributed by atoms with van der Waals surface area (Å²) < 4.78 is 0. The Kier molecular flexibility index (Phi) is 4.92. The summed E-state index contributed by atoms with van der Waals surface area (Å²) in [5, 5.41) is 14.1. The summed E-state index contributed by atoms with van der Waals surface area (Å²) in [6, 6.07) is 7.32. The molecule has 5 nitrogen and oxygen atoms in total. The molecule has 0 heterocycles. The molecule has 5 heteroatoms. The van der Waals surface area contributed by atoms with Gasteiger partial charge in [0, 0.05) is 30.9 Å². The van der Waals surface area contributed by atoms with Crippen LogP contribution in [0.4, 0.5) is 5.69 Å². The average Bonchev–Trinajstić information content (AvgIpc) is 2.27. The Morgan fingerprint density at radius 2 is 2.11 bits per heavy atom. The molecule has 1 aromatic carbocycles. The fourth-order valence-corrected chi connectivity index (χ4v) is 1.45. The molecule has 0 saturated carbocycles. The first-order valence-electron chi connectivity index (χ1n) is 5.52. The van der Waals surface area contributed by atoms with Gasteiger partial charge >= 0.3 is 5.97 Å². The maximum Gasteiger partial charge on any atom is 0.329 e. The van der Waals surface area contributed by atoms with Crippen molar-refractivity contribution >= 4 is 17.6 Å². The molecule has 0 aliphatic carbocycles. The highest BCUT2D eigenvalue weighted by atomic mass is 16.4. The summed E-state index contributed by atoms with van der Waals surface area (Å²) >= 11 is 0. The normalized spacial score (nSPS) is 12.1. The molecule has 0 saturated heterocycles. The number of carboxylic acid groups (broad SMARTS) is 1. The maximum absolute atomic E-state index is 10.9. The van der Waals surface area contributed by atoms with E-state index in [0.717, 1.165) is 17.3 Å². The first-order chi connectivity index (χ1) is 8.49. The summed E-state index contributed by atoms with van der Waals surface area (Å²) in [5.74, 6) is -1.12. The SMILES string of the molecule is CC(=O)Nc1cccc(C(C)N/C=C/C(=O)O)c1. The smallest absolute Gasteiger partial charge is 0.329 e. The Bertz CT molecular complexity index is 469. The molecule has 0 bridgehead atoms. The lowest BCUT2D eigenvalue weighted by Gasteiger charge is -2.13. The van der Waals surface area contributed by atoms with Gasteiger partial charge in [0.2, 0.25) is 5.91 Å². The molecule has 18 heavy (non-hydrogen) atoms. The van der Waals surface area contributed by atoms with Crippen molar-refractivity contribution in [1.29, 1.82) is 0 Å². The zero-order valence-corrected chi connectivity index (χ0v) is 10.3. The summed E-state index contributed by atoms with van der Waals surface area (Å²) in [6.07, 6.45) is 2.42. The van der Waals surface area contributed by atoms with Crippen molar-refractivity contribution in [1.82, 2.24) is 5.32 Å². The number of carbonyl (C=O) groups excluding carboxylic acids is 1. The molecule has 1 amide bonds. The lowest BCUT2D eigenvalue weighted by Crippen LogP contribution is -2.13. The van der Waals surface area contributed by atoms with Gasteiger partial charge in [0.05, 0.1) is 0 Å². The molecule has 3 N–H and O–H groups in total. The van der Waals surface area contributed by atoms with Gasteiger partial charge in [-0.2, -0.15) is 0 Å². The molecule has 1 unspecified atom stereocenters. The number of benzene rings is 1. The third-order valence-electron chi connectivity index (χ3n) is 2.28. The van der Waals surface area contributed by atoms with Crippen molar-refractivity contribution in [3.05, 3.63) is 42.1 Å². The number of hydrogen-bond donors (Lipinski definition) is 3. The first-order valence-corrected chi connectivity index (χ1v) is 5.52. The summed E-state index contributed by atoms with van der Waals surface area (Å²) in [7, 11) is 0. The van der Waals surface area contributed by atoms with Gasteiger partial charge in [-0.05, 0) is 24.6 Å². The van der Waals surface area contributed by atoms with E-state index >= 15 is 0 Å². The van der Waals surface area contributed by atoms with Crippen molar-refractivity contribution in [3.63, 3.8) is 0 Å².